The average molecular weight is 304 g/mol. The molecule has 0 unspecified atom stereocenters. The van der Waals surface area contributed by atoms with E-state index in [9.17, 15) is 0 Å². The van der Waals surface area contributed by atoms with Gasteiger partial charge in [0, 0.05) is 0 Å². The van der Waals surface area contributed by atoms with Crippen LogP contribution in [-0.2, 0) is 7.59 Å². The van der Waals surface area contributed by atoms with Crippen LogP contribution in [0.15, 0.2) is 0 Å². The van der Waals surface area contributed by atoms with Crippen LogP contribution in [0, 0.1) is 0 Å². The molecule has 0 aromatic carbocycles. The monoisotopic (exact) mass is 301 g/mol. The van der Waals surface area contributed by atoms with Gasteiger partial charge in [-0.25, -0.2) is 0 Å². The van der Waals surface area contributed by atoms with Gasteiger partial charge in [0.25, 0.3) is 0 Å². The molecule has 74 valence electrons. The van der Waals surface area contributed by atoms with E-state index in [1.54, 1.807) is 0 Å². The minimum absolute atomic E-state index is 0.0301. The van der Waals surface area contributed by atoms with E-state index in [-0.39, 0.29) is 11.4 Å². The fraction of sp³-hybridized carbons (Fsp3) is 0.500. The first-order valence-corrected chi connectivity index (χ1v) is 5.05. The van der Waals surface area contributed by atoms with Gasteiger partial charge >= 0.3 is 0 Å². The fourth-order valence-corrected chi connectivity index (χ4v) is 1.42. The maximum Gasteiger partial charge on any atom is 0.236 e. The summed E-state index contributed by atoms with van der Waals surface area (Å²) < 4.78 is -3.52. The second-order valence-electron chi connectivity index (χ2n) is 2.03. The zero-order valence-electron chi connectivity index (χ0n) is 5.66. The zero-order valence-corrected chi connectivity index (χ0v) is 10.2. The number of H-pyrrole nitrogens is 1. The van der Waals surface area contributed by atoms with E-state index in [0.717, 1.165) is 0 Å². The first-order valence-electron chi connectivity index (χ1n) is 2.78. The highest BCUT2D eigenvalue weighted by Gasteiger charge is 2.38. The Bertz CT molecular complexity index is 267. The molecule has 1 N–H and O–H groups in total. The van der Waals surface area contributed by atoms with Gasteiger partial charge in [-0.05, 0) is 0 Å². The molecule has 0 aliphatic rings. The highest BCUT2D eigenvalue weighted by atomic mass is 35.6. The molecule has 0 fully saturated rings. The lowest BCUT2D eigenvalue weighted by molar-refractivity contribution is 0.906. The van der Waals surface area contributed by atoms with E-state index in [1.165, 1.54) is 0 Å². The molecule has 1 heterocycles. The van der Waals surface area contributed by atoms with Crippen LogP contribution in [0.4, 0.5) is 0 Å². The van der Waals surface area contributed by atoms with Gasteiger partial charge in [0.15, 0.2) is 0 Å². The van der Waals surface area contributed by atoms with Gasteiger partial charge in [-0.3, -0.25) is 5.10 Å². The van der Waals surface area contributed by atoms with Crippen molar-refractivity contribution >= 4 is 69.6 Å². The van der Waals surface area contributed by atoms with Crippen LogP contribution in [-0.4, -0.2) is 15.4 Å². The maximum atomic E-state index is 5.55. The maximum absolute atomic E-state index is 5.55. The molecule has 0 aliphatic carbocycles. The summed E-state index contributed by atoms with van der Waals surface area (Å²) in [6, 6.07) is 0. The third-order valence-corrected chi connectivity index (χ3v) is 2.20. The van der Waals surface area contributed by atoms with Crippen molar-refractivity contribution in [3.05, 3.63) is 11.4 Å². The number of nitrogens with one attached hydrogen (secondary N) is 1. The normalized spacial score (nSPS) is 13.4. The highest BCUT2D eigenvalue weighted by molar-refractivity contribution is 6.68. The van der Waals surface area contributed by atoms with Gasteiger partial charge in [0.1, 0.15) is 11.4 Å². The van der Waals surface area contributed by atoms with E-state index in [4.69, 9.17) is 69.6 Å². The molecule has 0 bridgehead atoms. The van der Waals surface area contributed by atoms with Crippen molar-refractivity contribution in [2.75, 3.05) is 0 Å². The van der Waals surface area contributed by atoms with Crippen LogP contribution in [0.1, 0.15) is 11.4 Å². The van der Waals surface area contributed by atoms with Crippen molar-refractivity contribution in [1.29, 1.82) is 0 Å². The van der Waals surface area contributed by atoms with Gasteiger partial charge in [-0.15, -0.1) is 5.10 Å². The lowest BCUT2D eigenvalue weighted by Crippen LogP contribution is -2.11. The van der Waals surface area contributed by atoms with Crippen LogP contribution in [0.2, 0.25) is 0 Å². The number of rotatable bonds is 0. The van der Waals surface area contributed by atoms with Gasteiger partial charge in [-0.2, -0.15) is 0 Å². The molecule has 0 amide bonds. The predicted molar refractivity (Wildman–Crippen MR) is 54.9 cm³/mol. The quantitative estimate of drug-likeness (QED) is 0.746. The summed E-state index contributed by atoms with van der Waals surface area (Å²) in [6.45, 7) is 0. The standard InChI is InChI=1S/C4HCl6N3/c5-3(6,7)1-2(4(8,9)10)12-13-11-1/h(H,11,12,13). The van der Waals surface area contributed by atoms with Crippen LogP contribution >= 0.6 is 69.6 Å². The Morgan fingerprint density at radius 1 is 0.923 bits per heavy atom. The van der Waals surface area contributed by atoms with Crippen molar-refractivity contribution in [3.63, 3.8) is 0 Å². The lowest BCUT2D eigenvalue weighted by atomic mass is 10.4. The van der Waals surface area contributed by atoms with Crippen molar-refractivity contribution in [2.45, 2.75) is 7.59 Å². The first-order chi connectivity index (χ1) is 5.73. The largest absolute Gasteiger partial charge is 0.257 e. The Morgan fingerprint density at radius 2 is 1.46 bits per heavy atom. The number of alkyl halides is 6. The van der Waals surface area contributed by atoms with Gasteiger partial charge in [0.05, 0.1) is 0 Å². The molecule has 0 aliphatic heterocycles. The van der Waals surface area contributed by atoms with Crippen molar-refractivity contribution < 1.29 is 0 Å². The van der Waals surface area contributed by atoms with Crippen LogP contribution in [0.5, 0.6) is 0 Å². The van der Waals surface area contributed by atoms with Crippen LogP contribution in [0.3, 0.4) is 0 Å². The van der Waals surface area contributed by atoms with Gasteiger partial charge in [0.2, 0.25) is 7.59 Å². The minimum atomic E-state index is -1.77. The average Bonchev–Trinajstić information content (AvgIpc) is 2.27. The van der Waals surface area contributed by atoms with E-state index in [2.05, 4.69) is 15.4 Å². The van der Waals surface area contributed by atoms with E-state index < -0.39 is 7.59 Å². The molecule has 0 spiro atoms. The number of hydrogen-bond acceptors (Lipinski definition) is 2. The number of aromatic nitrogens is 3. The minimum Gasteiger partial charge on any atom is -0.257 e. The topological polar surface area (TPSA) is 41.6 Å². The molecule has 13 heavy (non-hydrogen) atoms. The van der Waals surface area contributed by atoms with E-state index in [0.29, 0.717) is 0 Å². The number of nitrogens with zero attached hydrogens (tertiary/aromatic N) is 2. The molecule has 0 radical (unpaired) electrons. The van der Waals surface area contributed by atoms with Gasteiger partial charge in [-0.1, -0.05) is 74.8 Å². The zero-order chi connectivity index (χ0) is 10.3. The molecule has 0 saturated carbocycles. The van der Waals surface area contributed by atoms with E-state index in [1.807, 2.05) is 0 Å². The molecule has 1 aromatic heterocycles. The van der Waals surface area contributed by atoms with Crippen LogP contribution < -0.4 is 0 Å². The Hall–Kier alpha value is 0.880. The molecule has 0 saturated heterocycles. The SMILES string of the molecule is ClC(Cl)(Cl)c1nn[nH]c1C(Cl)(Cl)Cl. The number of hydrogen-bond donors (Lipinski definition) is 1. The molecule has 1 rings (SSSR count). The summed E-state index contributed by atoms with van der Waals surface area (Å²) in [7, 11) is 0. The Morgan fingerprint density at radius 3 is 1.77 bits per heavy atom. The summed E-state index contributed by atoms with van der Waals surface area (Å²) in [5, 5.41) is 9.21. The Balaban J connectivity index is 3.19. The first kappa shape index (κ1) is 12.0. The van der Waals surface area contributed by atoms with Crippen molar-refractivity contribution in [1.82, 2.24) is 15.4 Å². The highest BCUT2D eigenvalue weighted by Crippen LogP contribution is 2.45. The molecular weight excluding hydrogens is 303 g/mol. The summed E-state index contributed by atoms with van der Waals surface area (Å²) in [5.41, 5.74) is 0.00926. The second kappa shape index (κ2) is 3.80. The fourth-order valence-electron chi connectivity index (χ4n) is 0.624. The Labute approximate surface area is 104 Å². The third-order valence-electron chi connectivity index (χ3n) is 1.10. The second-order valence-corrected chi connectivity index (χ2v) is 6.59. The number of aromatic amines is 1. The molecular formula is C4HCl6N3. The number of halogens is 6. The summed E-state index contributed by atoms with van der Waals surface area (Å²) in [6.07, 6.45) is 0. The van der Waals surface area contributed by atoms with Gasteiger partial charge < -0.3 is 0 Å². The van der Waals surface area contributed by atoms with Crippen molar-refractivity contribution in [3.8, 4) is 0 Å². The van der Waals surface area contributed by atoms with Crippen molar-refractivity contribution in [2.24, 2.45) is 0 Å². The third kappa shape index (κ3) is 2.91. The summed E-state index contributed by atoms with van der Waals surface area (Å²) >= 11 is 33.3. The molecule has 3 nitrogen and oxygen atoms in total. The lowest BCUT2D eigenvalue weighted by Gasteiger charge is -2.13. The summed E-state index contributed by atoms with van der Waals surface area (Å²) in [4.78, 5) is 0. The molecule has 1 aromatic rings. The smallest absolute Gasteiger partial charge is 0.236 e. The summed E-state index contributed by atoms with van der Waals surface area (Å²) in [5.74, 6) is 0. The molecule has 0 atom stereocenters. The predicted octanol–water partition coefficient (Wildman–Crippen LogP) is 3.46. The van der Waals surface area contributed by atoms with Crippen LogP contribution in [0.25, 0.3) is 0 Å². The van der Waals surface area contributed by atoms with E-state index >= 15 is 0 Å². The Kier molecular flexibility index (Phi) is 3.49. The molecule has 9 heteroatoms.